The van der Waals surface area contributed by atoms with E-state index in [0.29, 0.717) is 0 Å². The quantitative estimate of drug-likeness (QED) is 0.651. The lowest BCUT2D eigenvalue weighted by atomic mass is 10.1. The highest BCUT2D eigenvalue weighted by atomic mass is 79.9. The van der Waals surface area contributed by atoms with Crippen LogP contribution in [0.2, 0.25) is 0 Å². The smallest absolute Gasteiger partial charge is 0.177 e. The van der Waals surface area contributed by atoms with Crippen LogP contribution in [0.25, 0.3) is 0 Å². The number of carbonyl (C=O) groups excluding carboxylic acids is 1. The minimum Gasteiger partial charge on any atom is -0.506 e. The number of ketones is 1. The highest BCUT2D eigenvalue weighted by Crippen LogP contribution is 2.25. The van der Waals surface area contributed by atoms with Crippen molar-refractivity contribution in [2.45, 2.75) is 0 Å². The van der Waals surface area contributed by atoms with Crippen LogP contribution in [0.4, 0.5) is 4.39 Å². The van der Waals surface area contributed by atoms with E-state index in [2.05, 4.69) is 15.9 Å². The van der Waals surface area contributed by atoms with E-state index in [1.807, 2.05) is 0 Å². The highest BCUT2D eigenvalue weighted by Gasteiger charge is 2.16. The van der Waals surface area contributed by atoms with Crippen molar-refractivity contribution in [1.29, 1.82) is 5.26 Å². The lowest BCUT2D eigenvalue weighted by molar-refractivity contribution is 0.102. The van der Waals surface area contributed by atoms with Crippen molar-refractivity contribution in [3.8, 4) is 11.8 Å². The van der Waals surface area contributed by atoms with E-state index in [1.165, 1.54) is 6.07 Å². The monoisotopic (exact) mass is 257 g/mol. The van der Waals surface area contributed by atoms with Crippen LogP contribution in [-0.2, 0) is 0 Å². The van der Waals surface area contributed by atoms with Crippen LogP contribution >= 0.6 is 15.9 Å². The van der Waals surface area contributed by atoms with Crippen molar-refractivity contribution in [2.75, 3.05) is 5.33 Å². The van der Waals surface area contributed by atoms with Crippen LogP contribution in [0.1, 0.15) is 15.9 Å². The van der Waals surface area contributed by atoms with E-state index >= 15 is 0 Å². The average molecular weight is 258 g/mol. The molecule has 1 aromatic rings. The second-order valence-electron chi connectivity index (χ2n) is 2.49. The molecular formula is C9H5BrFNO2. The summed E-state index contributed by atoms with van der Waals surface area (Å²) in [5.41, 5.74) is -0.559. The molecule has 14 heavy (non-hydrogen) atoms. The molecule has 0 aromatic heterocycles. The summed E-state index contributed by atoms with van der Waals surface area (Å²) in [5.74, 6) is -1.84. The van der Waals surface area contributed by atoms with Gasteiger partial charge in [0.15, 0.2) is 5.78 Å². The number of aromatic hydroxyl groups is 1. The number of Topliss-reactive ketones (excluding diaryl/α,β-unsaturated/α-hetero) is 1. The maximum Gasteiger partial charge on any atom is 0.177 e. The second kappa shape index (κ2) is 4.20. The number of hydrogen-bond donors (Lipinski definition) is 1. The van der Waals surface area contributed by atoms with Gasteiger partial charge >= 0.3 is 0 Å². The maximum absolute atomic E-state index is 12.9. The molecule has 0 fully saturated rings. The molecule has 0 unspecified atom stereocenters. The fourth-order valence-corrected chi connectivity index (χ4v) is 1.27. The molecule has 1 rings (SSSR count). The zero-order chi connectivity index (χ0) is 10.7. The summed E-state index contributed by atoms with van der Waals surface area (Å²) in [6.07, 6.45) is 0. The number of rotatable bonds is 2. The van der Waals surface area contributed by atoms with E-state index in [1.54, 1.807) is 0 Å². The predicted octanol–water partition coefficient (Wildman–Crippen LogP) is 1.98. The van der Waals surface area contributed by atoms with Gasteiger partial charge in [-0.25, -0.2) is 4.39 Å². The predicted molar refractivity (Wildman–Crippen MR) is 50.9 cm³/mol. The first-order valence-electron chi connectivity index (χ1n) is 3.62. The molecule has 0 amide bonds. The topological polar surface area (TPSA) is 61.1 Å². The van der Waals surface area contributed by atoms with Gasteiger partial charge in [-0.1, -0.05) is 15.9 Å². The van der Waals surface area contributed by atoms with Gasteiger partial charge in [-0.2, -0.15) is 5.26 Å². The summed E-state index contributed by atoms with van der Waals surface area (Å²) in [6, 6.07) is 3.62. The SMILES string of the molecule is N#Cc1c(F)ccc(C(=O)CBr)c1O. The van der Waals surface area contributed by atoms with Gasteiger partial charge in [0.1, 0.15) is 23.2 Å². The Morgan fingerprint density at radius 3 is 2.79 bits per heavy atom. The van der Waals surface area contributed by atoms with Crippen molar-refractivity contribution in [1.82, 2.24) is 0 Å². The van der Waals surface area contributed by atoms with Crippen LogP contribution in [0, 0.1) is 17.1 Å². The van der Waals surface area contributed by atoms with Gasteiger partial charge in [-0.3, -0.25) is 4.79 Å². The Labute approximate surface area is 87.9 Å². The normalized spacial score (nSPS) is 9.50. The van der Waals surface area contributed by atoms with Crippen molar-refractivity contribution in [3.63, 3.8) is 0 Å². The Hall–Kier alpha value is -1.41. The van der Waals surface area contributed by atoms with Gasteiger partial charge in [0.05, 0.1) is 10.9 Å². The number of phenolic OH excluding ortho intramolecular Hbond substituents is 1. The Balaban J connectivity index is 3.37. The third-order valence-electron chi connectivity index (χ3n) is 1.66. The number of hydrogen-bond acceptors (Lipinski definition) is 3. The fraction of sp³-hybridized carbons (Fsp3) is 0.111. The van der Waals surface area contributed by atoms with E-state index < -0.39 is 22.9 Å². The van der Waals surface area contributed by atoms with Crippen molar-refractivity contribution >= 4 is 21.7 Å². The minimum absolute atomic E-state index is 0.0110. The first kappa shape index (κ1) is 10.7. The van der Waals surface area contributed by atoms with Crippen LogP contribution in [0.3, 0.4) is 0 Å². The first-order chi connectivity index (χ1) is 6.61. The number of carbonyl (C=O) groups is 1. The summed E-state index contributed by atoms with van der Waals surface area (Å²) in [7, 11) is 0. The molecule has 0 aliphatic rings. The van der Waals surface area contributed by atoms with Crippen LogP contribution in [-0.4, -0.2) is 16.2 Å². The molecule has 0 aliphatic heterocycles. The zero-order valence-corrected chi connectivity index (χ0v) is 8.51. The number of nitrogens with zero attached hydrogens (tertiary/aromatic N) is 1. The number of alkyl halides is 1. The molecule has 0 atom stereocenters. The van der Waals surface area contributed by atoms with Gasteiger partial charge in [0.25, 0.3) is 0 Å². The Morgan fingerprint density at radius 2 is 2.29 bits per heavy atom. The molecule has 0 bridgehead atoms. The molecule has 0 saturated carbocycles. The molecule has 0 spiro atoms. The molecule has 1 N–H and O–H groups in total. The summed E-state index contributed by atoms with van der Waals surface area (Å²) in [4.78, 5) is 11.2. The van der Waals surface area contributed by atoms with Crippen molar-refractivity contribution < 1.29 is 14.3 Å². The van der Waals surface area contributed by atoms with Crippen molar-refractivity contribution in [3.05, 3.63) is 29.1 Å². The van der Waals surface area contributed by atoms with Crippen molar-refractivity contribution in [2.24, 2.45) is 0 Å². The third kappa shape index (κ3) is 1.75. The van der Waals surface area contributed by atoms with E-state index in [9.17, 15) is 14.3 Å². The van der Waals surface area contributed by atoms with Crippen LogP contribution < -0.4 is 0 Å². The molecule has 5 heteroatoms. The molecule has 3 nitrogen and oxygen atoms in total. The van der Waals surface area contributed by atoms with Crippen LogP contribution in [0.5, 0.6) is 5.75 Å². The number of benzene rings is 1. The third-order valence-corrected chi connectivity index (χ3v) is 2.17. The summed E-state index contributed by atoms with van der Waals surface area (Å²) >= 11 is 2.91. The molecule has 0 heterocycles. The molecular weight excluding hydrogens is 253 g/mol. The minimum atomic E-state index is -0.837. The Bertz CT molecular complexity index is 426. The van der Waals surface area contributed by atoms with Gasteiger partial charge in [-0.15, -0.1) is 0 Å². The lowest BCUT2D eigenvalue weighted by Crippen LogP contribution is -2.02. The van der Waals surface area contributed by atoms with Gasteiger partial charge in [-0.05, 0) is 12.1 Å². The van der Waals surface area contributed by atoms with Crippen LogP contribution in [0.15, 0.2) is 12.1 Å². The van der Waals surface area contributed by atoms with Gasteiger partial charge in [0.2, 0.25) is 0 Å². The molecule has 0 aliphatic carbocycles. The largest absolute Gasteiger partial charge is 0.506 e. The Morgan fingerprint density at radius 1 is 1.64 bits per heavy atom. The van der Waals surface area contributed by atoms with Gasteiger partial charge in [0, 0.05) is 0 Å². The second-order valence-corrected chi connectivity index (χ2v) is 3.05. The fourth-order valence-electron chi connectivity index (χ4n) is 0.970. The summed E-state index contributed by atoms with van der Waals surface area (Å²) in [6.45, 7) is 0. The number of halogens is 2. The molecule has 0 radical (unpaired) electrons. The number of phenols is 1. The number of nitriles is 1. The standard InChI is InChI=1S/C9H5BrFNO2/c10-3-8(13)5-1-2-7(11)6(4-12)9(5)14/h1-2,14H,3H2. The average Bonchev–Trinajstić information content (AvgIpc) is 2.18. The maximum atomic E-state index is 12.9. The highest BCUT2D eigenvalue weighted by molar-refractivity contribution is 9.09. The zero-order valence-electron chi connectivity index (χ0n) is 6.92. The molecule has 1 aromatic carbocycles. The van der Waals surface area contributed by atoms with E-state index in [-0.39, 0.29) is 10.9 Å². The first-order valence-corrected chi connectivity index (χ1v) is 4.74. The molecule has 0 saturated heterocycles. The van der Waals surface area contributed by atoms with Gasteiger partial charge < -0.3 is 5.11 Å². The summed E-state index contributed by atoms with van der Waals surface area (Å²) < 4.78 is 12.9. The van der Waals surface area contributed by atoms with E-state index in [4.69, 9.17) is 5.26 Å². The van der Waals surface area contributed by atoms with E-state index in [0.717, 1.165) is 12.1 Å². The summed E-state index contributed by atoms with van der Waals surface area (Å²) in [5, 5.41) is 17.9. The Kier molecular flexibility index (Phi) is 3.20. The molecule has 72 valence electrons. The lowest BCUT2D eigenvalue weighted by Gasteiger charge is -2.03.